The number of rotatable bonds is 5. The van der Waals surface area contributed by atoms with Gasteiger partial charge in [-0.2, -0.15) is 13.2 Å². The van der Waals surface area contributed by atoms with Crippen LogP contribution in [-0.4, -0.2) is 25.1 Å². The molecule has 0 saturated heterocycles. The van der Waals surface area contributed by atoms with Crippen molar-refractivity contribution in [1.82, 2.24) is 5.32 Å². The van der Waals surface area contributed by atoms with E-state index in [9.17, 15) is 13.2 Å². The molecular formula is C10H17ClF3N. The van der Waals surface area contributed by atoms with Crippen molar-refractivity contribution in [3.8, 4) is 0 Å². The molecule has 0 aliphatic heterocycles. The topological polar surface area (TPSA) is 12.0 Å². The molecule has 0 spiro atoms. The summed E-state index contributed by atoms with van der Waals surface area (Å²) in [6.45, 7) is 0.697. The summed E-state index contributed by atoms with van der Waals surface area (Å²) >= 11 is 5.78. The lowest BCUT2D eigenvalue weighted by Gasteiger charge is -2.17. The van der Waals surface area contributed by atoms with E-state index in [-0.39, 0.29) is 6.54 Å². The Labute approximate surface area is 93.4 Å². The monoisotopic (exact) mass is 243 g/mol. The lowest BCUT2D eigenvalue weighted by molar-refractivity contribution is -0.133. The Balaban J connectivity index is 2.09. The van der Waals surface area contributed by atoms with E-state index in [1.807, 2.05) is 0 Å². The average molecular weight is 244 g/mol. The summed E-state index contributed by atoms with van der Waals surface area (Å²) in [5, 5.41) is 2.87. The van der Waals surface area contributed by atoms with Crippen LogP contribution in [0.4, 0.5) is 13.2 Å². The van der Waals surface area contributed by atoms with Crippen LogP contribution in [-0.2, 0) is 0 Å². The van der Waals surface area contributed by atoms with Gasteiger partial charge in [0.1, 0.15) is 0 Å². The first kappa shape index (κ1) is 13.1. The Bertz CT molecular complexity index is 184. The van der Waals surface area contributed by atoms with Crippen molar-refractivity contribution in [2.45, 2.75) is 31.9 Å². The molecule has 90 valence electrons. The van der Waals surface area contributed by atoms with E-state index in [0.29, 0.717) is 24.3 Å². The first-order valence-electron chi connectivity index (χ1n) is 5.36. The Hall–Kier alpha value is 0.0400. The molecule has 1 aliphatic rings. The summed E-state index contributed by atoms with van der Waals surface area (Å²) in [7, 11) is 0. The molecule has 0 heterocycles. The van der Waals surface area contributed by atoms with Gasteiger partial charge in [0.05, 0.1) is 6.42 Å². The third kappa shape index (κ3) is 5.07. The Kier molecular flexibility index (Phi) is 5.19. The molecule has 5 heteroatoms. The van der Waals surface area contributed by atoms with Gasteiger partial charge in [-0.25, -0.2) is 0 Å². The molecule has 1 aliphatic carbocycles. The third-order valence-corrected chi connectivity index (χ3v) is 3.40. The van der Waals surface area contributed by atoms with Gasteiger partial charge < -0.3 is 5.32 Å². The predicted octanol–water partition coefficient (Wildman–Crippen LogP) is 3.18. The molecule has 0 aromatic carbocycles. The molecule has 1 rings (SSSR count). The molecule has 1 fully saturated rings. The van der Waals surface area contributed by atoms with E-state index in [2.05, 4.69) is 5.32 Å². The van der Waals surface area contributed by atoms with E-state index in [1.54, 1.807) is 0 Å². The fraction of sp³-hybridized carbons (Fsp3) is 1.00. The normalized spacial score (nSPS) is 27.2. The van der Waals surface area contributed by atoms with Crippen molar-refractivity contribution >= 4 is 11.6 Å². The van der Waals surface area contributed by atoms with Crippen molar-refractivity contribution in [1.29, 1.82) is 0 Å². The van der Waals surface area contributed by atoms with Crippen LogP contribution < -0.4 is 5.32 Å². The van der Waals surface area contributed by atoms with E-state index in [4.69, 9.17) is 11.6 Å². The number of halogens is 4. The van der Waals surface area contributed by atoms with E-state index in [1.165, 1.54) is 0 Å². The van der Waals surface area contributed by atoms with E-state index in [0.717, 1.165) is 19.3 Å². The van der Waals surface area contributed by atoms with Gasteiger partial charge in [-0.1, -0.05) is 6.42 Å². The zero-order valence-corrected chi connectivity index (χ0v) is 9.37. The maximum Gasteiger partial charge on any atom is 0.390 e. The van der Waals surface area contributed by atoms with Crippen LogP contribution in [0.1, 0.15) is 25.7 Å². The van der Waals surface area contributed by atoms with Crippen LogP contribution in [0.3, 0.4) is 0 Å². The summed E-state index contributed by atoms with van der Waals surface area (Å²) in [6, 6.07) is 0. The highest BCUT2D eigenvalue weighted by atomic mass is 35.5. The lowest BCUT2D eigenvalue weighted by Crippen LogP contribution is -2.29. The lowest BCUT2D eigenvalue weighted by atomic mass is 9.98. The number of hydrogen-bond donors (Lipinski definition) is 1. The number of hydrogen-bond acceptors (Lipinski definition) is 1. The van der Waals surface area contributed by atoms with Crippen molar-refractivity contribution in [3.05, 3.63) is 0 Å². The summed E-state index contributed by atoms with van der Waals surface area (Å²) in [5.41, 5.74) is 0. The van der Waals surface area contributed by atoms with Gasteiger partial charge in [-0.05, 0) is 31.2 Å². The van der Waals surface area contributed by atoms with Gasteiger partial charge in [0, 0.05) is 12.4 Å². The molecule has 1 saturated carbocycles. The SMILES string of the molecule is FC(F)(F)CCNCC1CCCC1CCl. The Morgan fingerprint density at radius 1 is 1.20 bits per heavy atom. The number of alkyl halides is 4. The van der Waals surface area contributed by atoms with Gasteiger partial charge in [0.15, 0.2) is 0 Å². The predicted molar refractivity (Wildman–Crippen MR) is 55.1 cm³/mol. The van der Waals surface area contributed by atoms with Crippen LogP contribution >= 0.6 is 11.6 Å². The fourth-order valence-corrected chi connectivity index (χ4v) is 2.51. The van der Waals surface area contributed by atoms with Crippen LogP contribution in [0.5, 0.6) is 0 Å². The summed E-state index contributed by atoms with van der Waals surface area (Å²) in [4.78, 5) is 0. The maximum atomic E-state index is 11.8. The first-order valence-corrected chi connectivity index (χ1v) is 5.90. The Morgan fingerprint density at radius 3 is 2.47 bits per heavy atom. The molecular weight excluding hydrogens is 227 g/mol. The average Bonchev–Trinajstić information content (AvgIpc) is 2.58. The van der Waals surface area contributed by atoms with Gasteiger partial charge >= 0.3 is 6.18 Å². The molecule has 0 radical (unpaired) electrons. The molecule has 0 aromatic heterocycles. The molecule has 2 unspecified atom stereocenters. The molecule has 0 amide bonds. The van der Waals surface area contributed by atoms with Crippen LogP contribution in [0.25, 0.3) is 0 Å². The Morgan fingerprint density at radius 2 is 1.87 bits per heavy atom. The maximum absolute atomic E-state index is 11.8. The minimum Gasteiger partial charge on any atom is -0.316 e. The first-order chi connectivity index (χ1) is 7.03. The molecule has 15 heavy (non-hydrogen) atoms. The molecule has 1 N–H and O–H groups in total. The standard InChI is InChI=1S/C10H17ClF3N/c11-6-8-2-1-3-9(8)7-15-5-4-10(12,13)14/h8-9,15H,1-7H2. The second kappa shape index (κ2) is 5.94. The highest BCUT2D eigenvalue weighted by Crippen LogP contribution is 2.31. The van der Waals surface area contributed by atoms with Gasteiger partial charge in [-0.3, -0.25) is 0 Å². The van der Waals surface area contributed by atoms with Crippen LogP contribution in [0, 0.1) is 11.8 Å². The minimum atomic E-state index is -4.05. The van der Waals surface area contributed by atoms with Gasteiger partial charge in [0.25, 0.3) is 0 Å². The quantitative estimate of drug-likeness (QED) is 0.578. The largest absolute Gasteiger partial charge is 0.390 e. The minimum absolute atomic E-state index is 0.0228. The van der Waals surface area contributed by atoms with Crippen LogP contribution in [0.15, 0.2) is 0 Å². The van der Waals surface area contributed by atoms with Crippen molar-refractivity contribution in [2.75, 3.05) is 19.0 Å². The molecule has 0 bridgehead atoms. The highest BCUT2D eigenvalue weighted by Gasteiger charge is 2.28. The second-order valence-corrected chi connectivity index (χ2v) is 4.48. The van der Waals surface area contributed by atoms with E-state index < -0.39 is 12.6 Å². The fourth-order valence-electron chi connectivity index (χ4n) is 2.10. The highest BCUT2D eigenvalue weighted by molar-refractivity contribution is 6.18. The van der Waals surface area contributed by atoms with E-state index >= 15 is 0 Å². The van der Waals surface area contributed by atoms with Crippen molar-refractivity contribution in [3.63, 3.8) is 0 Å². The zero-order chi connectivity index (χ0) is 11.3. The van der Waals surface area contributed by atoms with Crippen LogP contribution in [0.2, 0.25) is 0 Å². The molecule has 2 atom stereocenters. The molecule has 1 nitrogen and oxygen atoms in total. The molecule has 0 aromatic rings. The van der Waals surface area contributed by atoms with Gasteiger partial charge in [0.2, 0.25) is 0 Å². The summed E-state index contributed by atoms with van der Waals surface area (Å²) in [6.07, 6.45) is -1.42. The summed E-state index contributed by atoms with van der Waals surface area (Å²) in [5.74, 6) is 1.59. The van der Waals surface area contributed by atoms with Crippen molar-refractivity contribution in [2.24, 2.45) is 11.8 Å². The summed E-state index contributed by atoms with van der Waals surface area (Å²) < 4.78 is 35.5. The number of nitrogens with one attached hydrogen (secondary N) is 1. The zero-order valence-electron chi connectivity index (χ0n) is 8.62. The smallest absolute Gasteiger partial charge is 0.316 e. The van der Waals surface area contributed by atoms with Crippen molar-refractivity contribution < 1.29 is 13.2 Å². The third-order valence-electron chi connectivity index (χ3n) is 3.01. The van der Waals surface area contributed by atoms with Gasteiger partial charge in [-0.15, -0.1) is 11.6 Å². The second-order valence-electron chi connectivity index (χ2n) is 4.17.